The minimum Gasteiger partial charge on any atom is -0.368 e. The van der Waals surface area contributed by atoms with Crippen LogP contribution in [0.15, 0.2) is 5.16 Å². The minimum atomic E-state index is 0.469. The molecule has 0 unspecified atom stereocenters. The van der Waals surface area contributed by atoms with E-state index in [1.54, 1.807) is 11.8 Å². The van der Waals surface area contributed by atoms with Crippen molar-refractivity contribution in [3.63, 3.8) is 0 Å². The SMILES string of the molecule is CC(C)Sc1nc2nc3c(c(NCCN4CCCCCC4)n2n1)CCCC3. The maximum absolute atomic E-state index is 4.84. The zero-order valence-electron chi connectivity index (χ0n) is 16.7. The summed E-state index contributed by atoms with van der Waals surface area (Å²) in [4.78, 5) is 12.1. The van der Waals surface area contributed by atoms with E-state index in [-0.39, 0.29) is 0 Å². The third-order valence-corrected chi connectivity index (χ3v) is 6.36. The molecule has 1 aliphatic carbocycles. The lowest BCUT2D eigenvalue weighted by Crippen LogP contribution is -2.30. The average molecular weight is 389 g/mol. The van der Waals surface area contributed by atoms with Gasteiger partial charge in [-0.15, -0.1) is 5.10 Å². The van der Waals surface area contributed by atoms with Crippen LogP contribution in [0.3, 0.4) is 0 Å². The number of anilines is 1. The Hall–Kier alpha value is -1.34. The highest BCUT2D eigenvalue weighted by Gasteiger charge is 2.21. The number of fused-ring (bicyclic) bond motifs is 2. The van der Waals surface area contributed by atoms with Crippen molar-refractivity contribution in [3.05, 3.63) is 11.3 Å². The molecule has 148 valence electrons. The smallest absolute Gasteiger partial charge is 0.255 e. The molecule has 2 aromatic heterocycles. The number of nitrogens with one attached hydrogen (secondary N) is 1. The Labute approximate surface area is 166 Å². The molecule has 0 radical (unpaired) electrons. The molecule has 0 aromatic carbocycles. The van der Waals surface area contributed by atoms with Crippen LogP contribution in [0.25, 0.3) is 5.78 Å². The van der Waals surface area contributed by atoms with Crippen molar-refractivity contribution in [3.8, 4) is 0 Å². The molecule has 2 aromatic rings. The second kappa shape index (κ2) is 8.78. The van der Waals surface area contributed by atoms with Gasteiger partial charge in [-0.25, -0.2) is 4.98 Å². The summed E-state index contributed by atoms with van der Waals surface area (Å²) in [6, 6.07) is 0. The highest BCUT2D eigenvalue weighted by Crippen LogP contribution is 2.29. The van der Waals surface area contributed by atoms with Crippen molar-refractivity contribution in [1.29, 1.82) is 0 Å². The standard InChI is InChI=1S/C20H32N6S/c1-15(2)27-20-23-19-22-17-10-6-5-9-16(17)18(26(19)24-20)21-11-14-25-12-7-3-4-8-13-25/h15,21H,3-14H2,1-2H3. The van der Waals surface area contributed by atoms with Gasteiger partial charge in [-0.1, -0.05) is 38.5 Å². The van der Waals surface area contributed by atoms with Gasteiger partial charge in [0.05, 0.1) is 5.69 Å². The summed E-state index contributed by atoms with van der Waals surface area (Å²) in [5, 5.41) is 9.79. The summed E-state index contributed by atoms with van der Waals surface area (Å²) >= 11 is 1.71. The molecule has 0 bridgehead atoms. The van der Waals surface area contributed by atoms with E-state index >= 15 is 0 Å². The summed E-state index contributed by atoms with van der Waals surface area (Å²) in [6.07, 6.45) is 10.1. The Morgan fingerprint density at radius 2 is 1.78 bits per heavy atom. The second-order valence-corrected chi connectivity index (χ2v) is 9.59. The van der Waals surface area contributed by atoms with Gasteiger partial charge in [0.25, 0.3) is 5.78 Å². The lowest BCUT2D eigenvalue weighted by atomic mass is 9.96. The molecular formula is C20H32N6S. The van der Waals surface area contributed by atoms with E-state index in [1.165, 1.54) is 62.9 Å². The molecule has 0 amide bonds. The van der Waals surface area contributed by atoms with Gasteiger partial charge in [0.15, 0.2) is 0 Å². The first-order valence-corrected chi connectivity index (χ1v) is 11.5. The van der Waals surface area contributed by atoms with E-state index in [2.05, 4.69) is 29.0 Å². The maximum atomic E-state index is 4.84. The average Bonchev–Trinajstić information content (AvgIpc) is 2.86. The molecule has 1 fully saturated rings. The number of aromatic nitrogens is 4. The molecule has 1 saturated heterocycles. The normalized spacial score (nSPS) is 18.6. The van der Waals surface area contributed by atoms with Crippen LogP contribution in [0.4, 0.5) is 5.82 Å². The largest absolute Gasteiger partial charge is 0.368 e. The lowest BCUT2D eigenvalue weighted by Gasteiger charge is -2.23. The molecule has 0 spiro atoms. The summed E-state index contributed by atoms with van der Waals surface area (Å²) in [7, 11) is 0. The Balaban J connectivity index is 1.55. The van der Waals surface area contributed by atoms with Gasteiger partial charge >= 0.3 is 0 Å². The molecule has 2 aliphatic rings. The van der Waals surface area contributed by atoms with Gasteiger partial charge < -0.3 is 10.2 Å². The second-order valence-electron chi connectivity index (χ2n) is 8.05. The van der Waals surface area contributed by atoms with E-state index in [4.69, 9.17) is 10.1 Å². The molecule has 4 rings (SSSR count). The first-order valence-electron chi connectivity index (χ1n) is 10.6. The zero-order chi connectivity index (χ0) is 18.6. The van der Waals surface area contributed by atoms with E-state index in [0.717, 1.165) is 42.7 Å². The summed E-state index contributed by atoms with van der Waals surface area (Å²) < 4.78 is 1.96. The highest BCUT2D eigenvalue weighted by atomic mass is 32.2. The van der Waals surface area contributed by atoms with Crippen molar-refractivity contribution in [2.45, 2.75) is 75.6 Å². The van der Waals surface area contributed by atoms with Crippen molar-refractivity contribution >= 4 is 23.4 Å². The highest BCUT2D eigenvalue weighted by molar-refractivity contribution is 7.99. The maximum Gasteiger partial charge on any atom is 0.255 e. The fourth-order valence-electron chi connectivity index (χ4n) is 4.16. The number of thioether (sulfide) groups is 1. The summed E-state index contributed by atoms with van der Waals surface area (Å²) in [5.41, 5.74) is 2.58. The Morgan fingerprint density at radius 3 is 2.56 bits per heavy atom. The number of rotatable bonds is 6. The third-order valence-electron chi connectivity index (χ3n) is 5.50. The first kappa shape index (κ1) is 19.0. The monoisotopic (exact) mass is 388 g/mol. The molecule has 1 aliphatic heterocycles. The van der Waals surface area contributed by atoms with Gasteiger partial charge in [-0.05, 0) is 51.6 Å². The fraction of sp³-hybridized carbons (Fsp3) is 0.750. The molecule has 0 saturated carbocycles. The van der Waals surface area contributed by atoms with Gasteiger partial charge in [-0.3, -0.25) is 0 Å². The van der Waals surface area contributed by atoms with Gasteiger partial charge in [0, 0.05) is 23.9 Å². The van der Waals surface area contributed by atoms with Gasteiger partial charge in [0.1, 0.15) is 5.82 Å². The van der Waals surface area contributed by atoms with Crippen molar-refractivity contribution in [1.82, 2.24) is 24.5 Å². The van der Waals surface area contributed by atoms with Crippen LogP contribution in [0.1, 0.15) is 63.6 Å². The first-order chi connectivity index (χ1) is 13.2. The molecular weight excluding hydrogens is 356 g/mol. The summed E-state index contributed by atoms with van der Waals surface area (Å²) in [6.45, 7) is 8.89. The fourth-order valence-corrected chi connectivity index (χ4v) is 4.84. The van der Waals surface area contributed by atoms with Crippen LogP contribution in [0.5, 0.6) is 0 Å². The molecule has 7 heteroatoms. The molecule has 0 atom stereocenters. The lowest BCUT2D eigenvalue weighted by molar-refractivity contribution is 0.296. The van der Waals surface area contributed by atoms with Crippen molar-refractivity contribution < 1.29 is 0 Å². The van der Waals surface area contributed by atoms with Crippen LogP contribution in [-0.4, -0.2) is 55.9 Å². The Kier molecular flexibility index (Phi) is 6.18. The number of aryl methyl sites for hydroxylation is 1. The molecule has 27 heavy (non-hydrogen) atoms. The predicted molar refractivity (Wildman–Crippen MR) is 112 cm³/mol. The van der Waals surface area contributed by atoms with E-state index in [1.807, 2.05) is 4.52 Å². The Bertz CT molecular complexity index is 763. The predicted octanol–water partition coefficient (Wildman–Crippen LogP) is 3.79. The van der Waals surface area contributed by atoms with E-state index in [9.17, 15) is 0 Å². The zero-order valence-corrected chi connectivity index (χ0v) is 17.5. The van der Waals surface area contributed by atoms with Crippen LogP contribution < -0.4 is 5.32 Å². The number of hydrogen-bond acceptors (Lipinski definition) is 6. The van der Waals surface area contributed by atoms with Gasteiger partial charge in [0.2, 0.25) is 5.16 Å². The minimum absolute atomic E-state index is 0.469. The third kappa shape index (κ3) is 4.57. The van der Waals surface area contributed by atoms with E-state index < -0.39 is 0 Å². The summed E-state index contributed by atoms with van der Waals surface area (Å²) in [5.74, 6) is 1.88. The molecule has 3 heterocycles. The van der Waals surface area contributed by atoms with Crippen LogP contribution in [-0.2, 0) is 12.8 Å². The molecule has 1 N–H and O–H groups in total. The van der Waals surface area contributed by atoms with Crippen molar-refractivity contribution in [2.24, 2.45) is 0 Å². The number of nitrogens with zero attached hydrogens (tertiary/aromatic N) is 5. The van der Waals surface area contributed by atoms with Gasteiger partial charge in [-0.2, -0.15) is 9.50 Å². The van der Waals surface area contributed by atoms with E-state index in [0.29, 0.717) is 5.25 Å². The number of likely N-dealkylation sites (tertiary alicyclic amines) is 1. The topological polar surface area (TPSA) is 58.4 Å². The quantitative estimate of drug-likeness (QED) is 0.760. The van der Waals surface area contributed by atoms with Crippen LogP contribution >= 0.6 is 11.8 Å². The van der Waals surface area contributed by atoms with Crippen molar-refractivity contribution in [2.75, 3.05) is 31.5 Å². The Morgan fingerprint density at radius 1 is 1.00 bits per heavy atom. The van der Waals surface area contributed by atoms with Crippen LogP contribution in [0, 0.1) is 0 Å². The van der Waals surface area contributed by atoms with Crippen LogP contribution in [0.2, 0.25) is 0 Å². The molecule has 6 nitrogen and oxygen atoms in total. The number of hydrogen-bond donors (Lipinski definition) is 1.